The van der Waals surface area contributed by atoms with Crippen molar-refractivity contribution >= 4 is 28.2 Å². The van der Waals surface area contributed by atoms with Gasteiger partial charge in [0.1, 0.15) is 11.3 Å². The predicted molar refractivity (Wildman–Crippen MR) is 99.2 cm³/mol. The van der Waals surface area contributed by atoms with Gasteiger partial charge in [0.05, 0.1) is 12.3 Å². The van der Waals surface area contributed by atoms with Crippen LogP contribution < -0.4 is 21.2 Å². The van der Waals surface area contributed by atoms with Gasteiger partial charge in [-0.3, -0.25) is 9.59 Å². The number of benzene rings is 2. The maximum atomic E-state index is 12.6. The zero-order valence-corrected chi connectivity index (χ0v) is 13.8. The molecule has 0 fully saturated rings. The summed E-state index contributed by atoms with van der Waals surface area (Å²) < 4.78 is 5.62. The number of amides is 1. The molecule has 0 saturated heterocycles. The number of fused-ring (bicyclic) bond motifs is 1. The van der Waals surface area contributed by atoms with Gasteiger partial charge < -0.3 is 20.8 Å². The molecule has 0 aliphatic heterocycles. The fourth-order valence-electron chi connectivity index (χ4n) is 2.51. The summed E-state index contributed by atoms with van der Waals surface area (Å²) in [6, 6.07) is 12.1. The summed E-state index contributed by atoms with van der Waals surface area (Å²) >= 11 is 0. The molecular formula is C19H19N3O3. The number of aromatic nitrogens is 1. The lowest BCUT2D eigenvalue weighted by atomic mass is 10.1. The monoisotopic (exact) mass is 337 g/mol. The second-order valence-electron chi connectivity index (χ2n) is 5.64. The van der Waals surface area contributed by atoms with Crippen LogP contribution in [-0.2, 0) is 0 Å². The van der Waals surface area contributed by atoms with Gasteiger partial charge in [0, 0.05) is 22.8 Å². The predicted octanol–water partition coefficient (Wildman–Crippen LogP) is 3.15. The first-order chi connectivity index (χ1) is 12.1. The van der Waals surface area contributed by atoms with E-state index in [4.69, 9.17) is 10.5 Å². The SMILES string of the molecule is CCCOc1ccc(N)cc1NC(=O)c1c[nH]c2ccccc2c1=O. The summed E-state index contributed by atoms with van der Waals surface area (Å²) in [5.41, 5.74) is 7.11. The van der Waals surface area contributed by atoms with Crippen LogP contribution in [0, 0.1) is 0 Å². The van der Waals surface area contributed by atoms with E-state index in [1.807, 2.05) is 13.0 Å². The second kappa shape index (κ2) is 7.09. The molecule has 6 heteroatoms. The number of nitrogens with one attached hydrogen (secondary N) is 2. The Balaban J connectivity index is 1.94. The van der Waals surface area contributed by atoms with Crippen molar-refractivity contribution in [2.75, 3.05) is 17.7 Å². The van der Waals surface area contributed by atoms with Crippen LogP contribution in [0.1, 0.15) is 23.7 Å². The minimum atomic E-state index is -0.515. The quantitative estimate of drug-likeness (QED) is 0.623. The van der Waals surface area contributed by atoms with E-state index < -0.39 is 5.91 Å². The number of nitrogen functional groups attached to an aromatic ring is 1. The van der Waals surface area contributed by atoms with Gasteiger partial charge >= 0.3 is 0 Å². The zero-order valence-electron chi connectivity index (χ0n) is 13.8. The minimum Gasteiger partial charge on any atom is -0.491 e. The van der Waals surface area contributed by atoms with Gasteiger partial charge in [-0.05, 0) is 36.8 Å². The molecule has 25 heavy (non-hydrogen) atoms. The van der Waals surface area contributed by atoms with Crippen molar-refractivity contribution < 1.29 is 9.53 Å². The van der Waals surface area contributed by atoms with Crippen molar-refractivity contribution in [3.63, 3.8) is 0 Å². The molecule has 128 valence electrons. The average Bonchev–Trinajstić information content (AvgIpc) is 2.61. The molecule has 1 aromatic heterocycles. The number of H-pyrrole nitrogens is 1. The third-order valence-corrected chi connectivity index (χ3v) is 3.75. The third-order valence-electron chi connectivity index (χ3n) is 3.75. The van der Waals surface area contributed by atoms with Gasteiger partial charge in [0.25, 0.3) is 5.91 Å². The summed E-state index contributed by atoms with van der Waals surface area (Å²) in [4.78, 5) is 28.1. The van der Waals surface area contributed by atoms with Gasteiger partial charge in [-0.15, -0.1) is 0 Å². The number of aromatic amines is 1. The van der Waals surface area contributed by atoms with Crippen molar-refractivity contribution in [3.8, 4) is 5.75 Å². The number of rotatable bonds is 5. The molecule has 1 amide bonds. The van der Waals surface area contributed by atoms with Gasteiger partial charge in [0.2, 0.25) is 5.43 Å². The Morgan fingerprint density at radius 2 is 2.04 bits per heavy atom. The Morgan fingerprint density at radius 3 is 2.84 bits per heavy atom. The fraction of sp³-hybridized carbons (Fsp3) is 0.158. The number of hydrogen-bond acceptors (Lipinski definition) is 4. The van der Waals surface area contributed by atoms with E-state index in [-0.39, 0.29) is 11.0 Å². The molecule has 0 aliphatic carbocycles. The van der Waals surface area contributed by atoms with Crippen LogP contribution in [0.15, 0.2) is 53.5 Å². The van der Waals surface area contributed by atoms with Gasteiger partial charge in [0.15, 0.2) is 0 Å². The Morgan fingerprint density at radius 1 is 1.24 bits per heavy atom. The van der Waals surface area contributed by atoms with E-state index in [2.05, 4.69) is 10.3 Å². The van der Waals surface area contributed by atoms with Crippen LogP contribution >= 0.6 is 0 Å². The number of nitrogens with two attached hydrogens (primary N) is 1. The largest absolute Gasteiger partial charge is 0.491 e. The smallest absolute Gasteiger partial charge is 0.261 e. The minimum absolute atomic E-state index is 0.0302. The number of hydrogen-bond donors (Lipinski definition) is 3. The highest BCUT2D eigenvalue weighted by molar-refractivity contribution is 6.06. The lowest BCUT2D eigenvalue weighted by Gasteiger charge is -2.13. The number of pyridine rings is 1. The lowest BCUT2D eigenvalue weighted by Crippen LogP contribution is -2.22. The molecule has 1 heterocycles. The molecule has 4 N–H and O–H groups in total. The molecule has 0 aliphatic rings. The van der Waals surface area contributed by atoms with Gasteiger partial charge in [-0.1, -0.05) is 19.1 Å². The number of para-hydroxylation sites is 1. The summed E-state index contributed by atoms with van der Waals surface area (Å²) in [5, 5.41) is 3.18. The van der Waals surface area contributed by atoms with Crippen LogP contribution in [0.3, 0.4) is 0 Å². The summed E-state index contributed by atoms with van der Waals surface area (Å²) in [5.74, 6) is 0.000527. The molecule has 0 unspecified atom stereocenters. The molecule has 0 spiro atoms. The van der Waals surface area contributed by atoms with E-state index in [0.29, 0.717) is 34.6 Å². The van der Waals surface area contributed by atoms with E-state index in [9.17, 15) is 9.59 Å². The fourth-order valence-corrected chi connectivity index (χ4v) is 2.51. The maximum Gasteiger partial charge on any atom is 0.261 e. The molecule has 0 radical (unpaired) electrons. The maximum absolute atomic E-state index is 12.6. The van der Waals surface area contributed by atoms with Crippen LogP contribution in [0.4, 0.5) is 11.4 Å². The van der Waals surface area contributed by atoms with Crippen molar-refractivity contribution in [1.29, 1.82) is 0 Å². The highest BCUT2D eigenvalue weighted by Gasteiger charge is 2.15. The number of anilines is 2. The van der Waals surface area contributed by atoms with Crippen molar-refractivity contribution in [2.45, 2.75) is 13.3 Å². The third kappa shape index (κ3) is 3.47. The highest BCUT2D eigenvalue weighted by Crippen LogP contribution is 2.27. The molecule has 2 aromatic carbocycles. The number of carbonyl (C=O) groups is 1. The zero-order chi connectivity index (χ0) is 17.8. The number of ether oxygens (including phenoxy) is 1. The summed E-state index contributed by atoms with van der Waals surface area (Å²) in [7, 11) is 0. The van der Waals surface area contributed by atoms with Crippen LogP contribution in [0.2, 0.25) is 0 Å². The molecule has 0 bridgehead atoms. The van der Waals surface area contributed by atoms with Gasteiger partial charge in [-0.2, -0.15) is 0 Å². The van der Waals surface area contributed by atoms with Gasteiger partial charge in [-0.25, -0.2) is 0 Å². The topological polar surface area (TPSA) is 97.2 Å². The summed E-state index contributed by atoms with van der Waals surface area (Å²) in [6.45, 7) is 2.51. The van der Waals surface area contributed by atoms with Crippen LogP contribution in [-0.4, -0.2) is 17.5 Å². The Bertz CT molecular complexity index is 979. The summed E-state index contributed by atoms with van der Waals surface area (Å²) in [6.07, 6.45) is 2.25. The standard InChI is InChI=1S/C19H19N3O3/c1-2-9-25-17-8-7-12(20)10-16(17)22-19(24)14-11-21-15-6-4-3-5-13(15)18(14)23/h3-8,10-11H,2,9,20H2,1H3,(H,21,23)(H,22,24). The van der Waals surface area contributed by atoms with Crippen molar-refractivity contribution in [3.05, 3.63) is 64.4 Å². The van der Waals surface area contributed by atoms with Crippen molar-refractivity contribution in [2.24, 2.45) is 0 Å². The van der Waals surface area contributed by atoms with E-state index >= 15 is 0 Å². The molecule has 0 atom stereocenters. The van der Waals surface area contributed by atoms with Crippen LogP contribution in [0.25, 0.3) is 10.9 Å². The first kappa shape index (κ1) is 16.6. The Kier molecular flexibility index (Phi) is 4.70. The lowest BCUT2D eigenvalue weighted by molar-refractivity contribution is 0.102. The average molecular weight is 337 g/mol. The van der Waals surface area contributed by atoms with Crippen molar-refractivity contribution in [1.82, 2.24) is 4.98 Å². The highest BCUT2D eigenvalue weighted by atomic mass is 16.5. The Hall–Kier alpha value is -3.28. The van der Waals surface area contributed by atoms with E-state index in [0.717, 1.165) is 6.42 Å². The molecule has 3 aromatic rings. The van der Waals surface area contributed by atoms with E-state index in [1.54, 1.807) is 36.4 Å². The van der Waals surface area contributed by atoms with Crippen LogP contribution in [0.5, 0.6) is 5.75 Å². The van der Waals surface area contributed by atoms with E-state index in [1.165, 1.54) is 6.20 Å². The molecule has 3 rings (SSSR count). The second-order valence-corrected chi connectivity index (χ2v) is 5.64. The molecular weight excluding hydrogens is 318 g/mol. The Labute approximate surface area is 144 Å². The molecule has 0 saturated carbocycles. The number of carbonyl (C=O) groups excluding carboxylic acids is 1. The normalized spacial score (nSPS) is 10.6. The molecule has 6 nitrogen and oxygen atoms in total. The first-order valence-corrected chi connectivity index (χ1v) is 8.04. The first-order valence-electron chi connectivity index (χ1n) is 8.04.